The van der Waals surface area contributed by atoms with Crippen molar-refractivity contribution in [2.45, 2.75) is 25.8 Å². The molecule has 2 aromatic carbocycles. The van der Waals surface area contributed by atoms with Crippen molar-refractivity contribution in [3.05, 3.63) is 42.5 Å². The standard InChI is InChI=1S/C24H27N5O/c1-16(30)29-11-7-18(8-12-29)27-19-14-20(24-21(15-19)25-9-10-26-24)23-13-17-5-3-4-6-22(17)28(23)2/h3-6,10,13-15,18,25,27H,7-9,11-12H2,1-2H3. The second-order valence-corrected chi connectivity index (χ2v) is 8.18. The van der Waals surface area contributed by atoms with Gasteiger partial charge in [-0.2, -0.15) is 0 Å². The number of benzene rings is 2. The van der Waals surface area contributed by atoms with Gasteiger partial charge in [-0.15, -0.1) is 0 Å². The summed E-state index contributed by atoms with van der Waals surface area (Å²) in [5.41, 5.74) is 6.64. The highest BCUT2D eigenvalue weighted by atomic mass is 16.2. The van der Waals surface area contributed by atoms with Gasteiger partial charge in [-0.25, -0.2) is 0 Å². The number of aryl methyl sites for hydroxylation is 1. The van der Waals surface area contributed by atoms with E-state index in [0.717, 1.165) is 60.8 Å². The van der Waals surface area contributed by atoms with Crippen molar-refractivity contribution in [1.82, 2.24) is 9.47 Å². The molecule has 0 bridgehead atoms. The molecule has 0 spiro atoms. The Labute approximate surface area is 176 Å². The highest BCUT2D eigenvalue weighted by molar-refractivity contribution is 5.96. The fraction of sp³-hybridized carbons (Fsp3) is 0.333. The Hall–Kier alpha value is -3.28. The monoisotopic (exact) mass is 401 g/mol. The van der Waals surface area contributed by atoms with Crippen LogP contribution in [0.3, 0.4) is 0 Å². The van der Waals surface area contributed by atoms with E-state index >= 15 is 0 Å². The zero-order valence-corrected chi connectivity index (χ0v) is 17.5. The normalized spacial score (nSPS) is 16.4. The lowest BCUT2D eigenvalue weighted by atomic mass is 10.0. The van der Waals surface area contributed by atoms with Crippen LogP contribution < -0.4 is 10.6 Å². The number of rotatable bonds is 3. The molecule has 0 unspecified atom stereocenters. The third-order valence-corrected chi connectivity index (χ3v) is 6.25. The fourth-order valence-corrected chi connectivity index (χ4v) is 4.60. The summed E-state index contributed by atoms with van der Waals surface area (Å²) < 4.78 is 2.24. The molecular formula is C24H27N5O. The van der Waals surface area contributed by atoms with Crippen LogP contribution in [-0.2, 0) is 11.8 Å². The quantitative estimate of drug-likeness (QED) is 0.684. The second-order valence-electron chi connectivity index (χ2n) is 8.18. The van der Waals surface area contributed by atoms with Crippen molar-refractivity contribution in [1.29, 1.82) is 0 Å². The molecule has 6 nitrogen and oxygen atoms in total. The number of aromatic nitrogens is 1. The van der Waals surface area contributed by atoms with Gasteiger partial charge in [0.05, 0.1) is 23.6 Å². The predicted molar refractivity (Wildman–Crippen MR) is 124 cm³/mol. The van der Waals surface area contributed by atoms with Crippen molar-refractivity contribution in [3.63, 3.8) is 0 Å². The first-order valence-electron chi connectivity index (χ1n) is 10.6. The van der Waals surface area contributed by atoms with Crippen LogP contribution in [0.5, 0.6) is 0 Å². The zero-order chi connectivity index (χ0) is 20.7. The molecule has 1 fully saturated rings. The highest BCUT2D eigenvalue weighted by Gasteiger charge is 2.22. The van der Waals surface area contributed by atoms with Crippen LogP contribution in [0.25, 0.3) is 22.2 Å². The van der Waals surface area contributed by atoms with Gasteiger partial charge in [0.2, 0.25) is 5.91 Å². The van der Waals surface area contributed by atoms with Crippen molar-refractivity contribution >= 4 is 40.1 Å². The predicted octanol–water partition coefficient (Wildman–Crippen LogP) is 4.40. The van der Waals surface area contributed by atoms with Crippen LogP contribution >= 0.6 is 0 Å². The lowest BCUT2D eigenvalue weighted by Crippen LogP contribution is -2.41. The second kappa shape index (κ2) is 7.52. The molecular weight excluding hydrogens is 374 g/mol. The number of amides is 1. The minimum atomic E-state index is 0.169. The third-order valence-electron chi connectivity index (χ3n) is 6.25. The number of hydrogen-bond donors (Lipinski definition) is 2. The van der Waals surface area contributed by atoms with E-state index in [1.165, 1.54) is 10.9 Å². The topological polar surface area (TPSA) is 61.7 Å². The Morgan fingerprint density at radius 2 is 1.97 bits per heavy atom. The van der Waals surface area contributed by atoms with Crippen LogP contribution in [0, 0.1) is 0 Å². The average Bonchev–Trinajstić information content (AvgIpc) is 3.10. The van der Waals surface area contributed by atoms with Crippen LogP contribution in [0.2, 0.25) is 0 Å². The van der Waals surface area contributed by atoms with E-state index < -0.39 is 0 Å². The molecule has 0 atom stereocenters. The van der Waals surface area contributed by atoms with Crippen molar-refractivity contribution < 1.29 is 4.79 Å². The smallest absolute Gasteiger partial charge is 0.219 e. The maximum Gasteiger partial charge on any atom is 0.219 e. The summed E-state index contributed by atoms with van der Waals surface area (Å²) >= 11 is 0. The van der Waals surface area contributed by atoms with Gasteiger partial charge in [0, 0.05) is 61.5 Å². The number of aliphatic imine (C=N–C) groups is 1. The van der Waals surface area contributed by atoms with Gasteiger partial charge in [0.1, 0.15) is 0 Å². The largest absolute Gasteiger partial charge is 0.382 e. The molecule has 2 N–H and O–H groups in total. The molecule has 154 valence electrons. The molecule has 0 aliphatic carbocycles. The summed E-state index contributed by atoms with van der Waals surface area (Å²) in [5, 5.41) is 8.42. The van der Waals surface area contributed by atoms with E-state index in [2.05, 4.69) is 64.7 Å². The van der Waals surface area contributed by atoms with Crippen molar-refractivity contribution in [3.8, 4) is 11.3 Å². The van der Waals surface area contributed by atoms with Crippen molar-refractivity contribution in [2.75, 3.05) is 30.3 Å². The maximum atomic E-state index is 11.6. The number of fused-ring (bicyclic) bond motifs is 2. The number of nitrogens with zero attached hydrogens (tertiary/aromatic N) is 3. The number of nitrogens with one attached hydrogen (secondary N) is 2. The molecule has 1 aromatic heterocycles. The van der Waals surface area contributed by atoms with Gasteiger partial charge in [-0.3, -0.25) is 9.79 Å². The summed E-state index contributed by atoms with van der Waals surface area (Å²) in [7, 11) is 2.11. The lowest BCUT2D eigenvalue weighted by molar-refractivity contribution is -0.129. The first-order chi connectivity index (χ1) is 14.6. The molecule has 0 radical (unpaired) electrons. The van der Waals surface area contributed by atoms with Crippen molar-refractivity contribution in [2.24, 2.45) is 12.0 Å². The minimum Gasteiger partial charge on any atom is -0.382 e. The molecule has 1 saturated heterocycles. The first-order valence-corrected chi connectivity index (χ1v) is 10.6. The maximum absolute atomic E-state index is 11.6. The molecule has 3 aromatic rings. The number of carbonyl (C=O) groups is 1. The van der Waals surface area contributed by atoms with Crippen LogP contribution in [0.15, 0.2) is 47.5 Å². The van der Waals surface area contributed by atoms with E-state index in [1.54, 1.807) is 6.92 Å². The Bertz CT molecular complexity index is 1140. The molecule has 3 heterocycles. The Kier molecular flexibility index (Phi) is 4.69. The van der Waals surface area contributed by atoms with E-state index in [9.17, 15) is 4.79 Å². The number of anilines is 2. The van der Waals surface area contributed by atoms with Gasteiger partial charge in [-0.1, -0.05) is 18.2 Å². The Morgan fingerprint density at radius 3 is 2.73 bits per heavy atom. The SMILES string of the molecule is CC(=O)N1CCC(Nc2cc3c(c(-c4cc5ccccc5n4C)c2)N=CCN3)CC1. The molecule has 1 amide bonds. The first kappa shape index (κ1) is 18.7. The fourth-order valence-electron chi connectivity index (χ4n) is 4.60. The molecule has 5 rings (SSSR count). The van der Waals surface area contributed by atoms with Crippen LogP contribution in [0.1, 0.15) is 19.8 Å². The minimum absolute atomic E-state index is 0.169. The van der Waals surface area contributed by atoms with E-state index in [4.69, 9.17) is 4.99 Å². The third kappa shape index (κ3) is 3.32. The average molecular weight is 402 g/mol. The zero-order valence-electron chi connectivity index (χ0n) is 17.5. The molecule has 2 aliphatic heterocycles. The van der Waals surface area contributed by atoms with Gasteiger partial charge in [0.15, 0.2) is 0 Å². The van der Waals surface area contributed by atoms with E-state index in [-0.39, 0.29) is 5.91 Å². The lowest BCUT2D eigenvalue weighted by Gasteiger charge is -2.32. The summed E-state index contributed by atoms with van der Waals surface area (Å²) in [6.07, 6.45) is 3.86. The number of hydrogen-bond acceptors (Lipinski definition) is 4. The van der Waals surface area contributed by atoms with Gasteiger partial charge < -0.3 is 20.1 Å². The van der Waals surface area contributed by atoms with Crippen LogP contribution in [-0.4, -0.2) is 47.3 Å². The molecule has 0 saturated carbocycles. The number of carbonyl (C=O) groups excluding carboxylic acids is 1. The van der Waals surface area contributed by atoms with E-state index in [1.807, 2.05) is 11.1 Å². The Morgan fingerprint density at radius 1 is 1.17 bits per heavy atom. The highest BCUT2D eigenvalue weighted by Crippen LogP contribution is 2.42. The molecule has 2 aliphatic rings. The summed E-state index contributed by atoms with van der Waals surface area (Å²) in [6, 6.07) is 15.4. The number of likely N-dealkylation sites (tertiary alicyclic amines) is 1. The van der Waals surface area contributed by atoms with Gasteiger partial charge in [-0.05, 0) is 37.1 Å². The molecule has 6 heteroatoms. The number of para-hydroxylation sites is 1. The van der Waals surface area contributed by atoms with Gasteiger partial charge in [0.25, 0.3) is 0 Å². The number of piperidine rings is 1. The molecule has 30 heavy (non-hydrogen) atoms. The van der Waals surface area contributed by atoms with Gasteiger partial charge >= 0.3 is 0 Å². The summed E-state index contributed by atoms with van der Waals surface area (Å²) in [5.74, 6) is 0.169. The summed E-state index contributed by atoms with van der Waals surface area (Å²) in [6.45, 7) is 4.02. The van der Waals surface area contributed by atoms with E-state index in [0.29, 0.717) is 6.04 Å². The summed E-state index contributed by atoms with van der Waals surface area (Å²) in [4.78, 5) is 18.3. The Balaban J connectivity index is 1.51. The van der Waals surface area contributed by atoms with Crippen LogP contribution in [0.4, 0.5) is 17.1 Å².